The minimum absolute atomic E-state index is 0. The predicted octanol–water partition coefficient (Wildman–Crippen LogP) is 4.21. The average Bonchev–Trinajstić information content (AvgIpc) is 3.02. The molecule has 7 heteroatoms. The van der Waals surface area contributed by atoms with Crippen LogP contribution in [0, 0.1) is 11.6 Å². The van der Waals surface area contributed by atoms with Crippen LogP contribution in [-0.4, -0.2) is 31.1 Å². The number of piperazine rings is 1. The summed E-state index contributed by atoms with van der Waals surface area (Å²) in [5.41, 5.74) is 1.07. The Balaban J connectivity index is 0.00000176. The summed E-state index contributed by atoms with van der Waals surface area (Å²) in [6, 6.07) is 4.30. The zero-order valence-corrected chi connectivity index (χ0v) is 14.9. The molecule has 0 aliphatic carbocycles. The van der Waals surface area contributed by atoms with Crippen LogP contribution in [0.2, 0.25) is 0 Å². The van der Waals surface area contributed by atoms with E-state index in [9.17, 15) is 8.78 Å². The van der Waals surface area contributed by atoms with Gasteiger partial charge in [0.05, 0.1) is 10.5 Å². The van der Waals surface area contributed by atoms with Crippen molar-refractivity contribution in [3.63, 3.8) is 0 Å². The summed E-state index contributed by atoms with van der Waals surface area (Å²) in [5.74, 6) is -1.00. The van der Waals surface area contributed by atoms with Crippen LogP contribution >= 0.6 is 39.7 Å². The zero-order chi connectivity index (χ0) is 14.8. The molecular formula is C15H16BrClF2N2S. The first-order chi connectivity index (χ1) is 10.2. The van der Waals surface area contributed by atoms with Gasteiger partial charge in [-0.2, -0.15) is 11.3 Å². The van der Waals surface area contributed by atoms with E-state index in [1.165, 1.54) is 12.1 Å². The fourth-order valence-electron chi connectivity index (χ4n) is 2.72. The molecule has 0 bridgehead atoms. The van der Waals surface area contributed by atoms with Gasteiger partial charge in [-0.05, 0) is 50.5 Å². The highest BCUT2D eigenvalue weighted by Crippen LogP contribution is 2.35. The van der Waals surface area contributed by atoms with Crippen molar-refractivity contribution < 1.29 is 8.78 Å². The Hall–Kier alpha value is -0.530. The second-order valence-corrected chi connectivity index (χ2v) is 6.64. The molecule has 0 amide bonds. The van der Waals surface area contributed by atoms with E-state index in [4.69, 9.17) is 0 Å². The first kappa shape index (κ1) is 17.8. The van der Waals surface area contributed by atoms with Crippen molar-refractivity contribution in [1.82, 2.24) is 10.2 Å². The highest BCUT2D eigenvalue weighted by molar-refractivity contribution is 9.10. The van der Waals surface area contributed by atoms with E-state index < -0.39 is 11.6 Å². The van der Waals surface area contributed by atoms with Gasteiger partial charge in [0, 0.05) is 31.7 Å². The van der Waals surface area contributed by atoms with E-state index in [1.54, 1.807) is 11.3 Å². The third-order valence-electron chi connectivity index (χ3n) is 3.73. The molecule has 2 nitrogen and oxygen atoms in total. The third-order valence-corrected chi connectivity index (χ3v) is 5.04. The molecule has 2 aromatic rings. The maximum atomic E-state index is 14.5. The van der Waals surface area contributed by atoms with Crippen LogP contribution < -0.4 is 5.32 Å². The lowest BCUT2D eigenvalue weighted by Gasteiger charge is -2.35. The molecule has 1 fully saturated rings. The smallest absolute Gasteiger partial charge is 0.145 e. The molecule has 1 N–H and O–H groups in total. The van der Waals surface area contributed by atoms with E-state index in [-0.39, 0.29) is 24.0 Å². The first-order valence-electron chi connectivity index (χ1n) is 6.78. The van der Waals surface area contributed by atoms with Gasteiger partial charge in [0.25, 0.3) is 0 Å². The molecule has 0 spiro atoms. The van der Waals surface area contributed by atoms with Crippen LogP contribution in [0.15, 0.2) is 33.4 Å². The summed E-state index contributed by atoms with van der Waals surface area (Å²) in [7, 11) is 0. The van der Waals surface area contributed by atoms with Crippen LogP contribution in [0.5, 0.6) is 0 Å². The molecule has 120 valence electrons. The Kier molecular flexibility index (Phi) is 6.35. The first-order valence-corrected chi connectivity index (χ1v) is 8.52. The Morgan fingerprint density at radius 1 is 1.18 bits per heavy atom. The maximum absolute atomic E-state index is 14.5. The van der Waals surface area contributed by atoms with Gasteiger partial charge >= 0.3 is 0 Å². The van der Waals surface area contributed by atoms with E-state index in [2.05, 4.69) is 26.1 Å². The van der Waals surface area contributed by atoms with Gasteiger partial charge in [0.2, 0.25) is 0 Å². The largest absolute Gasteiger partial charge is 0.314 e. The molecule has 1 aromatic carbocycles. The van der Waals surface area contributed by atoms with Crippen LogP contribution in [0.4, 0.5) is 8.78 Å². The molecule has 1 aliphatic heterocycles. The minimum atomic E-state index is -0.510. The molecule has 0 saturated carbocycles. The summed E-state index contributed by atoms with van der Waals surface area (Å²) in [4.78, 5) is 2.13. The summed E-state index contributed by atoms with van der Waals surface area (Å²) < 4.78 is 29.2. The number of nitrogens with one attached hydrogen (secondary N) is 1. The summed E-state index contributed by atoms with van der Waals surface area (Å²) in [6.07, 6.45) is 0. The molecule has 1 saturated heterocycles. The van der Waals surface area contributed by atoms with Gasteiger partial charge in [0.15, 0.2) is 0 Å². The van der Waals surface area contributed by atoms with Crippen molar-refractivity contribution in [2.45, 2.75) is 6.04 Å². The lowest BCUT2D eigenvalue weighted by Crippen LogP contribution is -2.45. The van der Waals surface area contributed by atoms with E-state index >= 15 is 0 Å². The maximum Gasteiger partial charge on any atom is 0.145 e. The zero-order valence-electron chi connectivity index (χ0n) is 11.7. The third kappa shape index (κ3) is 3.51. The number of halogens is 4. The summed E-state index contributed by atoms with van der Waals surface area (Å²) in [6.45, 7) is 3.20. The summed E-state index contributed by atoms with van der Waals surface area (Å²) in [5, 5.41) is 7.18. The molecule has 3 rings (SSSR count). The lowest BCUT2D eigenvalue weighted by atomic mass is 9.97. The van der Waals surface area contributed by atoms with Crippen molar-refractivity contribution in [1.29, 1.82) is 0 Å². The Morgan fingerprint density at radius 3 is 2.55 bits per heavy atom. The molecule has 1 atom stereocenters. The molecular weight excluding hydrogens is 394 g/mol. The molecule has 1 aromatic heterocycles. The quantitative estimate of drug-likeness (QED) is 0.764. The van der Waals surface area contributed by atoms with Gasteiger partial charge in [0.1, 0.15) is 11.6 Å². The van der Waals surface area contributed by atoms with Crippen molar-refractivity contribution in [2.24, 2.45) is 0 Å². The van der Waals surface area contributed by atoms with Crippen LogP contribution in [0.1, 0.15) is 17.2 Å². The number of hydrogen-bond acceptors (Lipinski definition) is 3. The fourth-order valence-corrected chi connectivity index (χ4v) is 3.75. The molecule has 22 heavy (non-hydrogen) atoms. The standard InChI is InChI=1S/C15H15BrF2N2S.ClH/c16-11-1-2-12(17)13(14(11)18)15(10-3-8-21-9-10)20-6-4-19-5-7-20;/h1-3,8-9,15,19H,4-7H2;1H/t15-;/m1./s1. The second kappa shape index (κ2) is 7.84. The van der Waals surface area contributed by atoms with Crippen molar-refractivity contribution in [3.8, 4) is 0 Å². The topological polar surface area (TPSA) is 15.3 Å². The number of hydrogen-bond donors (Lipinski definition) is 1. The van der Waals surface area contributed by atoms with Gasteiger partial charge in [-0.15, -0.1) is 12.4 Å². The Bertz CT molecular complexity index is 618. The number of benzene rings is 1. The fraction of sp³-hybridized carbons (Fsp3) is 0.333. The van der Waals surface area contributed by atoms with E-state index in [0.29, 0.717) is 4.47 Å². The highest BCUT2D eigenvalue weighted by atomic mass is 79.9. The molecule has 1 aliphatic rings. The van der Waals surface area contributed by atoms with Crippen LogP contribution in [0.25, 0.3) is 0 Å². The van der Waals surface area contributed by atoms with Gasteiger partial charge in [-0.1, -0.05) is 0 Å². The van der Waals surface area contributed by atoms with E-state index in [0.717, 1.165) is 31.7 Å². The minimum Gasteiger partial charge on any atom is -0.314 e. The molecule has 0 radical (unpaired) electrons. The molecule has 0 unspecified atom stereocenters. The second-order valence-electron chi connectivity index (χ2n) is 5.00. The van der Waals surface area contributed by atoms with Crippen molar-refractivity contribution >= 4 is 39.7 Å². The number of rotatable bonds is 3. The normalized spacial score (nSPS) is 17.0. The monoisotopic (exact) mass is 408 g/mol. The lowest BCUT2D eigenvalue weighted by molar-refractivity contribution is 0.192. The number of thiophene rings is 1. The van der Waals surface area contributed by atoms with E-state index in [1.807, 2.05) is 16.8 Å². The van der Waals surface area contributed by atoms with Crippen molar-refractivity contribution in [2.75, 3.05) is 26.2 Å². The van der Waals surface area contributed by atoms with Crippen molar-refractivity contribution in [3.05, 3.63) is 56.2 Å². The Labute approximate surface area is 147 Å². The number of nitrogens with zero attached hydrogens (tertiary/aromatic N) is 1. The Morgan fingerprint density at radius 2 is 1.91 bits per heavy atom. The molecule has 2 heterocycles. The van der Waals surface area contributed by atoms with Gasteiger partial charge in [-0.25, -0.2) is 8.78 Å². The predicted molar refractivity (Wildman–Crippen MR) is 91.9 cm³/mol. The van der Waals surface area contributed by atoms with Crippen LogP contribution in [0.3, 0.4) is 0 Å². The van der Waals surface area contributed by atoms with Crippen LogP contribution in [-0.2, 0) is 0 Å². The average molecular weight is 410 g/mol. The van der Waals surface area contributed by atoms with Gasteiger partial charge in [-0.3, -0.25) is 4.90 Å². The summed E-state index contributed by atoms with van der Waals surface area (Å²) >= 11 is 4.71. The van der Waals surface area contributed by atoms with Gasteiger partial charge < -0.3 is 5.32 Å². The SMILES string of the molecule is Cl.Fc1ccc(Br)c(F)c1[C@@H](c1ccsc1)N1CCNCC1. The highest BCUT2D eigenvalue weighted by Gasteiger charge is 2.30.